The maximum atomic E-state index is 12.0. The van der Waals surface area contributed by atoms with Crippen molar-refractivity contribution in [3.8, 4) is 5.75 Å². The van der Waals surface area contributed by atoms with Crippen LogP contribution in [0.1, 0.15) is 41.5 Å². The number of phenolic OH excluding ortho intramolecular Hbond substituents is 1. The Kier molecular flexibility index (Phi) is 4.47. The van der Waals surface area contributed by atoms with Gasteiger partial charge in [0.2, 0.25) is 0 Å². The highest BCUT2D eigenvalue weighted by atomic mass is 16.3. The number of hydrogen-bond donors (Lipinski definition) is 4. The number of nitrogen functional groups attached to an aromatic ring is 1. The quantitative estimate of drug-likeness (QED) is 0.673. The predicted molar refractivity (Wildman–Crippen MR) is 81.2 cm³/mol. The van der Waals surface area contributed by atoms with Gasteiger partial charge in [0.25, 0.3) is 5.91 Å². The third-order valence-corrected chi connectivity index (χ3v) is 3.26. The van der Waals surface area contributed by atoms with E-state index >= 15 is 0 Å². The molecule has 1 aromatic heterocycles. The number of benzene rings is 1. The molecule has 2 aromatic rings. The minimum atomic E-state index is -0.283. The van der Waals surface area contributed by atoms with E-state index in [-0.39, 0.29) is 23.3 Å². The first-order valence-electron chi connectivity index (χ1n) is 6.89. The summed E-state index contributed by atoms with van der Waals surface area (Å²) in [6, 6.07) is 6.89. The summed E-state index contributed by atoms with van der Waals surface area (Å²) in [5.41, 5.74) is 8.38. The second-order valence-electron chi connectivity index (χ2n) is 5.23. The van der Waals surface area contributed by atoms with Crippen LogP contribution in [0.15, 0.2) is 24.3 Å². The molecule has 0 bridgehead atoms. The molecule has 6 heteroatoms. The van der Waals surface area contributed by atoms with Gasteiger partial charge in [0.05, 0.1) is 11.4 Å². The number of amides is 1. The lowest BCUT2D eigenvalue weighted by molar-refractivity contribution is 0.0950. The van der Waals surface area contributed by atoms with E-state index in [4.69, 9.17) is 5.73 Å². The van der Waals surface area contributed by atoms with E-state index in [0.29, 0.717) is 18.7 Å². The van der Waals surface area contributed by atoms with Gasteiger partial charge >= 0.3 is 0 Å². The SMILES string of the molecule is CC(C)c1[nH]nc(C(=O)NCCc2ccc(O)cc2)c1N. The van der Waals surface area contributed by atoms with Crippen LogP contribution in [-0.2, 0) is 6.42 Å². The van der Waals surface area contributed by atoms with E-state index in [1.807, 2.05) is 26.0 Å². The standard InChI is InChI=1S/C15H20N4O2/c1-9(2)13-12(16)14(19-18-13)15(21)17-8-7-10-3-5-11(20)6-4-10/h3-6,9,20H,7-8,16H2,1-2H3,(H,17,21)(H,18,19). The van der Waals surface area contributed by atoms with Crippen LogP contribution in [0, 0.1) is 0 Å². The van der Waals surface area contributed by atoms with E-state index in [2.05, 4.69) is 15.5 Å². The van der Waals surface area contributed by atoms with E-state index in [1.165, 1.54) is 0 Å². The number of aromatic hydroxyl groups is 1. The van der Waals surface area contributed by atoms with Gasteiger partial charge in [0.15, 0.2) is 5.69 Å². The monoisotopic (exact) mass is 288 g/mol. The number of nitrogens with zero attached hydrogens (tertiary/aromatic N) is 1. The molecule has 0 unspecified atom stereocenters. The fourth-order valence-electron chi connectivity index (χ4n) is 2.04. The van der Waals surface area contributed by atoms with E-state index < -0.39 is 0 Å². The van der Waals surface area contributed by atoms with Crippen LogP contribution in [0.5, 0.6) is 5.75 Å². The fraction of sp³-hybridized carbons (Fsp3) is 0.333. The minimum Gasteiger partial charge on any atom is -0.508 e. The van der Waals surface area contributed by atoms with Gasteiger partial charge < -0.3 is 16.2 Å². The third-order valence-electron chi connectivity index (χ3n) is 3.26. The zero-order valence-electron chi connectivity index (χ0n) is 12.2. The molecule has 0 aliphatic carbocycles. The number of carbonyl (C=O) groups excluding carboxylic acids is 1. The molecule has 1 aromatic carbocycles. The summed E-state index contributed by atoms with van der Waals surface area (Å²) in [6.45, 7) is 4.44. The van der Waals surface area contributed by atoms with Crippen molar-refractivity contribution in [1.29, 1.82) is 0 Å². The van der Waals surface area contributed by atoms with Gasteiger partial charge in [0.1, 0.15) is 5.75 Å². The second kappa shape index (κ2) is 6.30. The zero-order chi connectivity index (χ0) is 15.4. The molecule has 0 saturated heterocycles. The smallest absolute Gasteiger partial charge is 0.273 e. The van der Waals surface area contributed by atoms with Crippen molar-refractivity contribution in [2.24, 2.45) is 0 Å². The second-order valence-corrected chi connectivity index (χ2v) is 5.23. The van der Waals surface area contributed by atoms with E-state index in [1.54, 1.807) is 12.1 Å². The van der Waals surface area contributed by atoms with Crippen LogP contribution in [0.4, 0.5) is 5.69 Å². The topological polar surface area (TPSA) is 104 Å². The molecule has 21 heavy (non-hydrogen) atoms. The van der Waals surface area contributed by atoms with Gasteiger partial charge in [-0.2, -0.15) is 5.10 Å². The van der Waals surface area contributed by atoms with Crippen LogP contribution in [0.25, 0.3) is 0 Å². The Morgan fingerprint density at radius 1 is 1.38 bits per heavy atom. The molecular formula is C15H20N4O2. The Morgan fingerprint density at radius 3 is 2.62 bits per heavy atom. The lowest BCUT2D eigenvalue weighted by Gasteiger charge is -2.05. The van der Waals surface area contributed by atoms with Crippen molar-refractivity contribution in [2.45, 2.75) is 26.2 Å². The Balaban J connectivity index is 1.91. The first kappa shape index (κ1) is 14.9. The number of phenols is 1. The number of carbonyl (C=O) groups is 1. The van der Waals surface area contributed by atoms with Gasteiger partial charge in [-0.3, -0.25) is 9.89 Å². The van der Waals surface area contributed by atoms with Gasteiger partial charge in [-0.05, 0) is 30.0 Å². The van der Waals surface area contributed by atoms with Gasteiger partial charge in [-0.15, -0.1) is 0 Å². The number of nitrogens with two attached hydrogens (primary N) is 1. The van der Waals surface area contributed by atoms with Gasteiger partial charge in [0, 0.05) is 6.54 Å². The third kappa shape index (κ3) is 3.53. The van der Waals surface area contributed by atoms with Crippen molar-refractivity contribution in [3.63, 3.8) is 0 Å². The first-order chi connectivity index (χ1) is 9.99. The van der Waals surface area contributed by atoms with Crippen molar-refractivity contribution in [3.05, 3.63) is 41.2 Å². The Hall–Kier alpha value is -2.50. The molecule has 1 heterocycles. The van der Waals surface area contributed by atoms with E-state index in [0.717, 1.165) is 11.3 Å². The largest absolute Gasteiger partial charge is 0.508 e. The number of nitrogens with one attached hydrogen (secondary N) is 2. The summed E-state index contributed by atoms with van der Waals surface area (Å²) < 4.78 is 0. The maximum absolute atomic E-state index is 12.0. The molecule has 6 nitrogen and oxygen atoms in total. The fourth-order valence-corrected chi connectivity index (χ4v) is 2.04. The molecule has 5 N–H and O–H groups in total. The van der Waals surface area contributed by atoms with Crippen molar-refractivity contribution < 1.29 is 9.90 Å². The van der Waals surface area contributed by atoms with Crippen LogP contribution in [-0.4, -0.2) is 27.8 Å². The van der Waals surface area contributed by atoms with Gasteiger partial charge in [-0.25, -0.2) is 0 Å². The Labute approximate surface area is 123 Å². The number of aromatic nitrogens is 2. The summed E-state index contributed by atoms with van der Waals surface area (Å²) in [4.78, 5) is 12.0. The highest BCUT2D eigenvalue weighted by molar-refractivity contribution is 5.97. The average Bonchev–Trinajstić information content (AvgIpc) is 2.83. The molecule has 2 rings (SSSR count). The zero-order valence-corrected chi connectivity index (χ0v) is 12.2. The number of anilines is 1. The van der Waals surface area contributed by atoms with Crippen molar-refractivity contribution in [1.82, 2.24) is 15.5 Å². The highest BCUT2D eigenvalue weighted by Crippen LogP contribution is 2.21. The molecule has 0 aliphatic rings. The van der Waals surface area contributed by atoms with Crippen LogP contribution >= 0.6 is 0 Å². The summed E-state index contributed by atoms with van der Waals surface area (Å²) in [6.07, 6.45) is 0.674. The van der Waals surface area contributed by atoms with E-state index in [9.17, 15) is 9.90 Å². The molecule has 0 atom stereocenters. The number of hydrogen-bond acceptors (Lipinski definition) is 4. The summed E-state index contributed by atoms with van der Waals surface area (Å²) in [5.74, 6) is 0.138. The number of rotatable bonds is 5. The highest BCUT2D eigenvalue weighted by Gasteiger charge is 2.18. The molecule has 112 valence electrons. The molecule has 0 saturated carbocycles. The summed E-state index contributed by atoms with van der Waals surface area (Å²) in [7, 11) is 0. The average molecular weight is 288 g/mol. The lowest BCUT2D eigenvalue weighted by Crippen LogP contribution is -2.26. The predicted octanol–water partition coefficient (Wildman–Crippen LogP) is 1.79. The molecular weight excluding hydrogens is 268 g/mol. The first-order valence-corrected chi connectivity index (χ1v) is 6.89. The summed E-state index contributed by atoms with van der Waals surface area (Å²) in [5, 5.41) is 18.8. The number of aromatic amines is 1. The van der Waals surface area contributed by atoms with Crippen LogP contribution in [0.3, 0.4) is 0 Å². The Bertz CT molecular complexity index is 617. The molecule has 0 fully saturated rings. The number of H-pyrrole nitrogens is 1. The Morgan fingerprint density at radius 2 is 2.05 bits per heavy atom. The molecule has 1 amide bonds. The van der Waals surface area contributed by atoms with Crippen molar-refractivity contribution >= 4 is 11.6 Å². The molecule has 0 spiro atoms. The normalized spacial score (nSPS) is 10.8. The van der Waals surface area contributed by atoms with Gasteiger partial charge in [-0.1, -0.05) is 26.0 Å². The molecule has 0 radical (unpaired) electrons. The van der Waals surface area contributed by atoms with Crippen molar-refractivity contribution in [2.75, 3.05) is 12.3 Å². The van der Waals surface area contributed by atoms with Crippen LogP contribution in [0.2, 0.25) is 0 Å². The minimum absolute atomic E-state index is 0.191. The molecule has 0 aliphatic heterocycles. The summed E-state index contributed by atoms with van der Waals surface area (Å²) >= 11 is 0. The van der Waals surface area contributed by atoms with Crippen LogP contribution < -0.4 is 11.1 Å². The maximum Gasteiger partial charge on any atom is 0.273 e. The lowest BCUT2D eigenvalue weighted by atomic mass is 10.1.